The Morgan fingerprint density at radius 3 is 2.77 bits per heavy atom. The van der Waals surface area contributed by atoms with Crippen molar-refractivity contribution in [2.24, 2.45) is 0 Å². The zero-order valence-corrected chi connectivity index (χ0v) is 17.1. The van der Waals surface area contributed by atoms with Crippen LogP contribution in [-0.2, 0) is 6.61 Å². The molecule has 1 aliphatic rings. The summed E-state index contributed by atoms with van der Waals surface area (Å²) in [6.45, 7) is 1.16. The molecule has 0 radical (unpaired) electrons. The lowest BCUT2D eigenvalue weighted by Gasteiger charge is -2.25. The minimum absolute atomic E-state index is 0.0792. The average Bonchev–Trinajstić information content (AvgIpc) is 3.29. The first kappa shape index (κ1) is 19.9. The van der Waals surface area contributed by atoms with Gasteiger partial charge in [0.15, 0.2) is 0 Å². The average molecular weight is 416 g/mol. The van der Waals surface area contributed by atoms with Gasteiger partial charge in [-0.15, -0.1) is 11.8 Å². The van der Waals surface area contributed by atoms with Gasteiger partial charge in [0.1, 0.15) is 17.7 Å². The van der Waals surface area contributed by atoms with Gasteiger partial charge in [0, 0.05) is 18.0 Å². The second-order valence-corrected chi connectivity index (χ2v) is 8.07. The molecule has 5 nitrogen and oxygen atoms in total. The molecular formula is C24H21N3O2S. The van der Waals surface area contributed by atoms with Crippen LogP contribution in [-0.4, -0.2) is 23.2 Å². The molecule has 1 saturated heterocycles. The number of nitrogens with zero attached hydrogens (tertiary/aromatic N) is 2. The fourth-order valence-corrected chi connectivity index (χ4v) is 4.56. The monoisotopic (exact) mass is 415 g/mol. The molecule has 1 heterocycles. The fourth-order valence-electron chi connectivity index (χ4n) is 3.31. The Balaban J connectivity index is 1.45. The predicted octanol–water partition coefficient (Wildman–Crippen LogP) is 5.42. The maximum Gasteiger partial charge on any atom is 0.323 e. The molecule has 6 heteroatoms. The van der Waals surface area contributed by atoms with Gasteiger partial charge < -0.3 is 15.0 Å². The van der Waals surface area contributed by atoms with Crippen molar-refractivity contribution in [3.05, 3.63) is 95.6 Å². The van der Waals surface area contributed by atoms with Gasteiger partial charge in [-0.3, -0.25) is 0 Å². The largest absolute Gasteiger partial charge is 0.489 e. The molecule has 0 saturated carbocycles. The lowest BCUT2D eigenvalue weighted by atomic mass is 10.2. The number of urea groups is 1. The van der Waals surface area contributed by atoms with E-state index in [9.17, 15) is 4.79 Å². The zero-order valence-electron chi connectivity index (χ0n) is 16.3. The highest BCUT2D eigenvalue weighted by Gasteiger charge is 2.31. The van der Waals surface area contributed by atoms with Crippen LogP contribution in [0.1, 0.15) is 22.1 Å². The first-order valence-corrected chi connectivity index (χ1v) is 10.7. The van der Waals surface area contributed by atoms with Gasteiger partial charge in [0.25, 0.3) is 0 Å². The normalized spacial score (nSPS) is 15.4. The van der Waals surface area contributed by atoms with E-state index in [1.165, 1.54) is 0 Å². The van der Waals surface area contributed by atoms with Gasteiger partial charge in [-0.2, -0.15) is 5.26 Å². The highest BCUT2D eigenvalue weighted by molar-refractivity contribution is 7.99. The maximum atomic E-state index is 12.9. The topological polar surface area (TPSA) is 65.4 Å². The summed E-state index contributed by atoms with van der Waals surface area (Å²) in [4.78, 5) is 14.7. The van der Waals surface area contributed by atoms with E-state index in [0.717, 1.165) is 22.6 Å². The number of hydrogen-bond acceptors (Lipinski definition) is 4. The van der Waals surface area contributed by atoms with Crippen LogP contribution in [0.4, 0.5) is 10.5 Å². The third-order valence-corrected chi connectivity index (χ3v) is 6.05. The lowest BCUT2D eigenvalue weighted by Crippen LogP contribution is -2.34. The van der Waals surface area contributed by atoms with E-state index in [1.807, 2.05) is 59.5 Å². The van der Waals surface area contributed by atoms with Crippen LogP contribution in [0.15, 0.2) is 78.9 Å². The molecule has 4 rings (SSSR count). The van der Waals surface area contributed by atoms with E-state index >= 15 is 0 Å². The van der Waals surface area contributed by atoms with Crippen LogP contribution in [0.2, 0.25) is 0 Å². The number of nitrogens with one attached hydrogen (secondary N) is 1. The summed E-state index contributed by atoms with van der Waals surface area (Å²) in [5, 5.41) is 11.9. The maximum absolute atomic E-state index is 12.9. The predicted molar refractivity (Wildman–Crippen MR) is 119 cm³/mol. The Hall–Kier alpha value is -3.43. The van der Waals surface area contributed by atoms with Gasteiger partial charge in [0.05, 0.1) is 11.6 Å². The van der Waals surface area contributed by atoms with Crippen molar-refractivity contribution in [1.29, 1.82) is 5.26 Å². The van der Waals surface area contributed by atoms with E-state index in [4.69, 9.17) is 10.00 Å². The van der Waals surface area contributed by atoms with Crippen molar-refractivity contribution in [1.82, 2.24) is 4.90 Å². The number of thioether (sulfide) groups is 1. The smallest absolute Gasteiger partial charge is 0.323 e. The second-order valence-electron chi connectivity index (χ2n) is 6.89. The van der Waals surface area contributed by atoms with Crippen LogP contribution in [0, 0.1) is 11.3 Å². The molecule has 0 bridgehead atoms. The van der Waals surface area contributed by atoms with Crippen LogP contribution in [0.5, 0.6) is 5.75 Å². The number of hydrogen-bond donors (Lipinski definition) is 1. The number of benzene rings is 3. The van der Waals surface area contributed by atoms with Crippen molar-refractivity contribution < 1.29 is 9.53 Å². The number of amides is 2. The van der Waals surface area contributed by atoms with E-state index in [0.29, 0.717) is 24.4 Å². The number of ether oxygens (including phenoxy) is 1. The first-order valence-electron chi connectivity index (χ1n) is 9.69. The van der Waals surface area contributed by atoms with Gasteiger partial charge in [-0.05, 0) is 41.5 Å². The minimum Gasteiger partial charge on any atom is -0.489 e. The molecule has 2 amide bonds. The standard InChI is InChI=1S/C24H21N3O2S/c25-16-19-8-4-10-21(14-19)26-24(28)27-12-13-30-23(27)20-9-5-11-22(15-20)29-17-18-6-2-1-3-7-18/h1-11,14-15,23H,12-13,17H2,(H,26,28)/t23-/m0/s1. The molecule has 1 atom stereocenters. The Labute approximate surface area is 180 Å². The van der Waals surface area contributed by atoms with Gasteiger partial charge >= 0.3 is 6.03 Å². The fraction of sp³-hybridized carbons (Fsp3) is 0.167. The van der Waals surface area contributed by atoms with Crippen molar-refractivity contribution in [3.63, 3.8) is 0 Å². The summed E-state index contributed by atoms with van der Waals surface area (Å²) in [5.74, 6) is 1.65. The second kappa shape index (κ2) is 9.38. The Morgan fingerprint density at radius 2 is 1.93 bits per heavy atom. The number of nitriles is 1. The van der Waals surface area contributed by atoms with Gasteiger partial charge in [-0.25, -0.2) is 4.79 Å². The summed E-state index contributed by atoms with van der Waals surface area (Å²) in [7, 11) is 0. The quantitative estimate of drug-likeness (QED) is 0.605. The Morgan fingerprint density at radius 1 is 1.10 bits per heavy atom. The minimum atomic E-state index is -0.171. The van der Waals surface area contributed by atoms with Crippen LogP contribution < -0.4 is 10.1 Å². The molecule has 1 fully saturated rings. The van der Waals surface area contributed by atoms with Crippen molar-refractivity contribution in [2.75, 3.05) is 17.6 Å². The van der Waals surface area contributed by atoms with Crippen molar-refractivity contribution in [2.45, 2.75) is 12.0 Å². The molecule has 150 valence electrons. The molecule has 0 spiro atoms. The van der Waals surface area contributed by atoms with E-state index < -0.39 is 0 Å². The van der Waals surface area contributed by atoms with Gasteiger partial charge in [-0.1, -0.05) is 48.5 Å². The van der Waals surface area contributed by atoms with E-state index in [-0.39, 0.29) is 11.4 Å². The molecule has 1 N–H and O–H groups in total. The molecular weight excluding hydrogens is 394 g/mol. The first-order chi connectivity index (χ1) is 14.7. The molecule has 30 heavy (non-hydrogen) atoms. The molecule has 0 unspecified atom stereocenters. The molecule has 3 aromatic rings. The van der Waals surface area contributed by atoms with Crippen molar-refractivity contribution in [3.8, 4) is 11.8 Å². The number of carbonyl (C=O) groups is 1. The lowest BCUT2D eigenvalue weighted by molar-refractivity contribution is 0.214. The van der Waals surface area contributed by atoms with Crippen LogP contribution >= 0.6 is 11.8 Å². The van der Waals surface area contributed by atoms with Crippen molar-refractivity contribution >= 4 is 23.5 Å². The molecule has 0 aliphatic carbocycles. The van der Waals surface area contributed by atoms with Crippen LogP contribution in [0.25, 0.3) is 0 Å². The SMILES string of the molecule is N#Cc1cccc(NC(=O)N2CCS[C@H]2c2cccc(OCc3ccccc3)c2)c1. The zero-order chi connectivity index (χ0) is 20.8. The summed E-state index contributed by atoms with van der Waals surface area (Å²) < 4.78 is 5.95. The highest BCUT2D eigenvalue weighted by atomic mass is 32.2. The highest BCUT2D eigenvalue weighted by Crippen LogP contribution is 2.39. The Bertz CT molecular complexity index is 1070. The summed E-state index contributed by atoms with van der Waals surface area (Å²) in [5.41, 5.74) is 3.28. The van der Waals surface area contributed by atoms with E-state index in [1.54, 1.807) is 36.0 Å². The number of anilines is 1. The summed E-state index contributed by atoms with van der Waals surface area (Å²) in [6, 6.07) is 26.8. The van der Waals surface area contributed by atoms with Crippen LogP contribution in [0.3, 0.4) is 0 Å². The third-order valence-electron chi connectivity index (χ3n) is 4.79. The third kappa shape index (κ3) is 4.76. The summed E-state index contributed by atoms with van der Waals surface area (Å²) >= 11 is 1.73. The van der Waals surface area contributed by atoms with Gasteiger partial charge in [0.2, 0.25) is 0 Å². The molecule has 0 aromatic heterocycles. The number of carbonyl (C=O) groups excluding carboxylic acids is 1. The molecule has 1 aliphatic heterocycles. The Kier molecular flexibility index (Phi) is 6.21. The molecule has 3 aromatic carbocycles. The summed E-state index contributed by atoms with van der Waals surface area (Å²) in [6.07, 6.45) is 0. The van der Waals surface area contributed by atoms with E-state index in [2.05, 4.69) is 11.4 Å². The number of rotatable bonds is 5.